The highest BCUT2D eigenvalue weighted by Crippen LogP contribution is 2.30. The highest BCUT2D eigenvalue weighted by Gasteiger charge is 2.18. The van der Waals surface area contributed by atoms with Crippen LogP contribution in [0.15, 0.2) is 47.5 Å². The molecule has 0 bridgehead atoms. The average molecular weight is 368 g/mol. The molecule has 130 valence electrons. The van der Waals surface area contributed by atoms with Gasteiger partial charge in [-0.05, 0) is 31.0 Å². The summed E-state index contributed by atoms with van der Waals surface area (Å²) < 4.78 is 5.74. The van der Waals surface area contributed by atoms with Gasteiger partial charge in [0.2, 0.25) is 0 Å². The van der Waals surface area contributed by atoms with Gasteiger partial charge in [-0.2, -0.15) is 0 Å². The number of ether oxygens (including phenoxy) is 1. The number of para-hydroxylation sites is 1. The molecule has 0 amide bonds. The van der Waals surface area contributed by atoms with Crippen molar-refractivity contribution in [2.75, 3.05) is 25.4 Å². The van der Waals surface area contributed by atoms with Crippen molar-refractivity contribution < 1.29 is 4.74 Å². The molecule has 1 aliphatic rings. The van der Waals surface area contributed by atoms with Gasteiger partial charge in [-0.1, -0.05) is 36.4 Å². The maximum Gasteiger partial charge on any atom is 0.142 e. The van der Waals surface area contributed by atoms with Gasteiger partial charge < -0.3 is 16.2 Å². The van der Waals surface area contributed by atoms with Crippen molar-refractivity contribution in [1.82, 2.24) is 0 Å². The molecule has 0 fully saturated rings. The summed E-state index contributed by atoms with van der Waals surface area (Å²) in [6.07, 6.45) is 1.79. The van der Waals surface area contributed by atoms with Crippen LogP contribution in [0.3, 0.4) is 0 Å². The standard InChI is InChI=1S/C18H21N3O.2ClH/c19-10-4-12-22-16-8-3-7-15(17(16)20)18-14-6-2-1-5-13(14)9-11-21-18;;/h1-3,5-8H,4,9-12,19-20H2;2*1H. The maximum absolute atomic E-state index is 6.32. The van der Waals surface area contributed by atoms with Gasteiger partial charge in [-0.3, -0.25) is 4.99 Å². The zero-order valence-electron chi connectivity index (χ0n) is 13.4. The van der Waals surface area contributed by atoms with E-state index < -0.39 is 0 Å². The van der Waals surface area contributed by atoms with Crippen molar-refractivity contribution in [2.24, 2.45) is 10.7 Å². The van der Waals surface area contributed by atoms with Crippen LogP contribution in [0.1, 0.15) is 23.1 Å². The summed E-state index contributed by atoms with van der Waals surface area (Å²) in [5, 5.41) is 0. The van der Waals surface area contributed by atoms with Crippen LogP contribution in [0, 0.1) is 0 Å². The first-order valence-corrected chi connectivity index (χ1v) is 7.65. The first-order chi connectivity index (χ1) is 10.8. The molecule has 0 atom stereocenters. The van der Waals surface area contributed by atoms with Gasteiger partial charge >= 0.3 is 0 Å². The molecule has 0 spiro atoms. The number of nitrogen functional groups attached to an aromatic ring is 1. The topological polar surface area (TPSA) is 73.6 Å². The summed E-state index contributed by atoms with van der Waals surface area (Å²) in [5.41, 5.74) is 16.9. The molecule has 1 heterocycles. The Labute approximate surface area is 155 Å². The molecule has 0 saturated carbocycles. The van der Waals surface area contributed by atoms with E-state index in [-0.39, 0.29) is 24.8 Å². The van der Waals surface area contributed by atoms with Crippen molar-refractivity contribution in [3.05, 3.63) is 59.2 Å². The fraction of sp³-hybridized carbons (Fsp3) is 0.278. The molecular formula is C18H23Cl2N3O. The molecule has 0 saturated heterocycles. The Hall–Kier alpha value is -1.75. The van der Waals surface area contributed by atoms with Gasteiger partial charge in [-0.25, -0.2) is 0 Å². The van der Waals surface area contributed by atoms with E-state index in [2.05, 4.69) is 18.2 Å². The minimum Gasteiger partial charge on any atom is -0.491 e. The van der Waals surface area contributed by atoms with Crippen LogP contribution in [-0.4, -0.2) is 25.4 Å². The summed E-state index contributed by atoms with van der Waals surface area (Å²) in [5.74, 6) is 0.705. The van der Waals surface area contributed by atoms with E-state index in [0.29, 0.717) is 24.6 Å². The molecule has 4 N–H and O–H groups in total. The number of hydrogen-bond acceptors (Lipinski definition) is 4. The summed E-state index contributed by atoms with van der Waals surface area (Å²) in [6.45, 7) is 1.98. The number of hydrogen-bond donors (Lipinski definition) is 2. The van der Waals surface area contributed by atoms with Crippen LogP contribution in [0.5, 0.6) is 5.75 Å². The van der Waals surface area contributed by atoms with E-state index in [1.165, 1.54) is 11.1 Å². The molecule has 4 nitrogen and oxygen atoms in total. The third kappa shape index (κ3) is 4.20. The largest absolute Gasteiger partial charge is 0.491 e. The molecule has 2 aromatic carbocycles. The Kier molecular flexibility index (Phi) is 8.05. The molecule has 2 aromatic rings. The number of aliphatic imine (C=N–C) groups is 1. The number of rotatable bonds is 5. The lowest BCUT2D eigenvalue weighted by Crippen LogP contribution is -2.16. The number of nitrogens with two attached hydrogens (primary N) is 2. The summed E-state index contributed by atoms with van der Waals surface area (Å²) >= 11 is 0. The van der Waals surface area contributed by atoms with Gasteiger partial charge in [0.1, 0.15) is 5.75 Å². The first kappa shape index (κ1) is 20.3. The third-order valence-corrected chi connectivity index (χ3v) is 3.85. The Bertz CT molecular complexity index is 704. The van der Waals surface area contributed by atoms with Gasteiger partial charge in [0, 0.05) is 17.7 Å². The van der Waals surface area contributed by atoms with Crippen LogP contribution in [0.4, 0.5) is 5.69 Å². The molecule has 0 aliphatic carbocycles. The van der Waals surface area contributed by atoms with Crippen molar-refractivity contribution in [2.45, 2.75) is 12.8 Å². The van der Waals surface area contributed by atoms with Gasteiger partial charge in [0.25, 0.3) is 0 Å². The van der Waals surface area contributed by atoms with E-state index in [9.17, 15) is 0 Å². The van der Waals surface area contributed by atoms with Crippen molar-refractivity contribution in [3.63, 3.8) is 0 Å². The zero-order chi connectivity index (χ0) is 15.4. The highest BCUT2D eigenvalue weighted by atomic mass is 35.5. The van der Waals surface area contributed by atoms with Gasteiger partial charge in [0.15, 0.2) is 0 Å². The molecule has 3 rings (SSSR count). The lowest BCUT2D eigenvalue weighted by molar-refractivity contribution is 0.315. The smallest absolute Gasteiger partial charge is 0.142 e. The Morgan fingerprint density at radius 3 is 2.54 bits per heavy atom. The van der Waals surface area contributed by atoms with E-state index in [4.69, 9.17) is 21.2 Å². The minimum atomic E-state index is 0. The van der Waals surface area contributed by atoms with E-state index in [0.717, 1.165) is 30.7 Å². The normalized spacial score (nSPS) is 12.3. The second-order valence-electron chi connectivity index (χ2n) is 5.35. The third-order valence-electron chi connectivity index (χ3n) is 3.85. The Balaban J connectivity index is 0.00000144. The second-order valence-corrected chi connectivity index (χ2v) is 5.35. The molecule has 1 aliphatic heterocycles. The van der Waals surface area contributed by atoms with E-state index in [1.54, 1.807) is 0 Å². The highest BCUT2D eigenvalue weighted by molar-refractivity contribution is 6.17. The van der Waals surface area contributed by atoms with Crippen LogP contribution < -0.4 is 16.2 Å². The first-order valence-electron chi connectivity index (χ1n) is 7.65. The van der Waals surface area contributed by atoms with Crippen LogP contribution in [0.25, 0.3) is 0 Å². The quantitative estimate of drug-likeness (QED) is 0.629. The molecule has 0 aromatic heterocycles. The van der Waals surface area contributed by atoms with Crippen LogP contribution >= 0.6 is 24.8 Å². The number of halogens is 2. The number of benzene rings is 2. The predicted octanol–water partition coefficient (Wildman–Crippen LogP) is 3.23. The SMILES string of the molecule is Cl.Cl.NCCCOc1cccc(C2=NCCc3ccccc32)c1N. The lowest BCUT2D eigenvalue weighted by Gasteiger charge is -2.19. The zero-order valence-corrected chi connectivity index (χ0v) is 15.0. The molecule has 0 unspecified atom stereocenters. The number of anilines is 1. The molecule has 0 radical (unpaired) electrons. The van der Waals surface area contributed by atoms with Crippen LogP contribution in [0.2, 0.25) is 0 Å². The van der Waals surface area contributed by atoms with Gasteiger partial charge in [-0.15, -0.1) is 24.8 Å². The molecule has 24 heavy (non-hydrogen) atoms. The minimum absolute atomic E-state index is 0. The van der Waals surface area contributed by atoms with Crippen molar-refractivity contribution in [3.8, 4) is 5.75 Å². The van der Waals surface area contributed by atoms with Crippen molar-refractivity contribution >= 4 is 36.2 Å². The summed E-state index contributed by atoms with van der Waals surface area (Å²) in [7, 11) is 0. The fourth-order valence-electron chi connectivity index (χ4n) is 2.71. The van der Waals surface area contributed by atoms with E-state index in [1.807, 2.05) is 24.3 Å². The molecular weight excluding hydrogens is 345 g/mol. The fourth-order valence-corrected chi connectivity index (χ4v) is 2.71. The van der Waals surface area contributed by atoms with Crippen molar-refractivity contribution in [1.29, 1.82) is 0 Å². The van der Waals surface area contributed by atoms with E-state index >= 15 is 0 Å². The maximum atomic E-state index is 6.32. The average Bonchev–Trinajstić information content (AvgIpc) is 2.56. The lowest BCUT2D eigenvalue weighted by atomic mass is 9.92. The monoisotopic (exact) mass is 367 g/mol. The Morgan fingerprint density at radius 2 is 1.75 bits per heavy atom. The number of fused-ring (bicyclic) bond motifs is 1. The Morgan fingerprint density at radius 1 is 1.00 bits per heavy atom. The van der Waals surface area contributed by atoms with Gasteiger partial charge in [0.05, 0.1) is 18.0 Å². The van der Waals surface area contributed by atoms with Crippen LogP contribution in [-0.2, 0) is 6.42 Å². The molecule has 6 heteroatoms. The summed E-state index contributed by atoms with van der Waals surface area (Å²) in [4.78, 5) is 4.70. The predicted molar refractivity (Wildman–Crippen MR) is 105 cm³/mol. The number of nitrogens with zero attached hydrogens (tertiary/aromatic N) is 1. The summed E-state index contributed by atoms with van der Waals surface area (Å²) in [6, 6.07) is 14.2. The second kappa shape index (κ2) is 9.52.